The topological polar surface area (TPSA) is 46.3 Å². The van der Waals surface area contributed by atoms with Crippen LogP contribution in [0, 0.1) is 11.7 Å². The van der Waals surface area contributed by atoms with E-state index in [0.717, 1.165) is 38.9 Å². The van der Waals surface area contributed by atoms with Crippen molar-refractivity contribution < 1.29 is 9.18 Å². The molecule has 25 heavy (non-hydrogen) atoms. The maximum absolute atomic E-state index is 13.0. The van der Waals surface area contributed by atoms with E-state index in [1.54, 1.807) is 12.1 Å². The molecule has 2 N–H and O–H groups in total. The zero-order valence-electron chi connectivity index (χ0n) is 14.4. The Balaban J connectivity index is 1.46. The van der Waals surface area contributed by atoms with Crippen LogP contribution in [0.25, 0.3) is 0 Å². The number of halogens is 1. The van der Waals surface area contributed by atoms with Gasteiger partial charge in [-0.05, 0) is 62.2 Å². The van der Waals surface area contributed by atoms with E-state index in [4.69, 9.17) is 5.73 Å². The van der Waals surface area contributed by atoms with Crippen molar-refractivity contribution in [2.24, 2.45) is 11.7 Å². The molecule has 0 spiro atoms. The maximum Gasteiger partial charge on any atom is 0.166 e. The molecule has 1 unspecified atom stereocenters. The summed E-state index contributed by atoms with van der Waals surface area (Å²) in [6.45, 7) is 2.63. The van der Waals surface area contributed by atoms with Crippen LogP contribution in [0.2, 0.25) is 0 Å². The van der Waals surface area contributed by atoms with Gasteiger partial charge in [0.15, 0.2) is 5.78 Å². The second-order valence-electron chi connectivity index (χ2n) is 6.90. The molecule has 0 saturated carbocycles. The molecule has 0 bridgehead atoms. The SMILES string of the molecule is NC(Cc1ccccc1)CN1CCC(C(=O)c2ccc(F)cc2)CC1. The molecule has 4 heteroatoms. The lowest BCUT2D eigenvalue weighted by molar-refractivity contribution is 0.0836. The molecule has 1 heterocycles. The normalized spacial score (nSPS) is 17.4. The van der Waals surface area contributed by atoms with Crippen molar-refractivity contribution in [1.82, 2.24) is 4.90 Å². The quantitative estimate of drug-likeness (QED) is 0.821. The second kappa shape index (κ2) is 8.37. The number of Topliss-reactive ketones (excluding diaryl/α,β-unsaturated/α-hetero) is 1. The molecule has 0 amide bonds. The van der Waals surface area contributed by atoms with Crippen LogP contribution in [0.1, 0.15) is 28.8 Å². The molecule has 0 aromatic heterocycles. The Morgan fingerprint density at radius 1 is 1.08 bits per heavy atom. The van der Waals surface area contributed by atoms with Crippen molar-refractivity contribution >= 4 is 5.78 Å². The van der Waals surface area contributed by atoms with Crippen LogP contribution in [0.15, 0.2) is 54.6 Å². The summed E-state index contributed by atoms with van der Waals surface area (Å²) < 4.78 is 13.0. The van der Waals surface area contributed by atoms with Gasteiger partial charge in [-0.1, -0.05) is 30.3 Å². The fourth-order valence-electron chi connectivity index (χ4n) is 3.54. The zero-order chi connectivity index (χ0) is 17.6. The van der Waals surface area contributed by atoms with Gasteiger partial charge >= 0.3 is 0 Å². The molecule has 1 aliphatic heterocycles. The second-order valence-corrected chi connectivity index (χ2v) is 6.90. The van der Waals surface area contributed by atoms with Crippen LogP contribution in [-0.4, -0.2) is 36.4 Å². The minimum absolute atomic E-state index is 0.0343. The Kier molecular flexibility index (Phi) is 5.95. The predicted molar refractivity (Wildman–Crippen MR) is 98.0 cm³/mol. The molecular weight excluding hydrogens is 315 g/mol. The average Bonchev–Trinajstić information content (AvgIpc) is 2.63. The van der Waals surface area contributed by atoms with Gasteiger partial charge in [0.25, 0.3) is 0 Å². The molecule has 3 nitrogen and oxygen atoms in total. The first-order valence-corrected chi connectivity index (χ1v) is 8.93. The summed E-state index contributed by atoms with van der Waals surface area (Å²) in [7, 11) is 0. The van der Waals surface area contributed by atoms with Crippen LogP contribution in [0.5, 0.6) is 0 Å². The number of nitrogens with zero attached hydrogens (tertiary/aromatic N) is 1. The zero-order valence-corrected chi connectivity index (χ0v) is 14.4. The van der Waals surface area contributed by atoms with Crippen molar-refractivity contribution in [2.45, 2.75) is 25.3 Å². The standard InChI is InChI=1S/C21H25FN2O/c22-19-8-6-17(7-9-19)21(25)18-10-12-24(13-11-18)15-20(23)14-16-4-2-1-3-5-16/h1-9,18,20H,10-15,23H2. The Hall–Kier alpha value is -2.04. The van der Waals surface area contributed by atoms with Crippen molar-refractivity contribution in [3.05, 3.63) is 71.5 Å². The van der Waals surface area contributed by atoms with Gasteiger partial charge in [0.2, 0.25) is 0 Å². The smallest absolute Gasteiger partial charge is 0.166 e. The summed E-state index contributed by atoms with van der Waals surface area (Å²) in [6, 6.07) is 16.3. The fourth-order valence-corrected chi connectivity index (χ4v) is 3.54. The Morgan fingerprint density at radius 2 is 1.72 bits per heavy atom. The number of ketones is 1. The summed E-state index contributed by atoms with van der Waals surface area (Å²) >= 11 is 0. The third kappa shape index (κ3) is 4.97. The van der Waals surface area contributed by atoms with Gasteiger partial charge in [-0.15, -0.1) is 0 Å². The van der Waals surface area contributed by atoms with Crippen molar-refractivity contribution in [3.8, 4) is 0 Å². The van der Waals surface area contributed by atoms with Crippen LogP contribution in [0.3, 0.4) is 0 Å². The number of rotatable bonds is 6. The minimum atomic E-state index is -0.307. The van der Waals surface area contributed by atoms with E-state index in [1.807, 2.05) is 18.2 Å². The fraction of sp³-hybridized carbons (Fsp3) is 0.381. The number of hydrogen-bond acceptors (Lipinski definition) is 3. The van der Waals surface area contributed by atoms with Gasteiger partial charge in [-0.25, -0.2) is 4.39 Å². The average molecular weight is 340 g/mol. The number of likely N-dealkylation sites (tertiary alicyclic amines) is 1. The maximum atomic E-state index is 13.0. The molecule has 1 aliphatic rings. The van der Waals surface area contributed by atoms with Gasteiger partial charge in [0, 0.05) is 24.1 Å². The highest BCUT2D eigenvalue weighted by Crippen LogP contribution is 2.22. The van der Waals surface area contributed by atoms with Crippen LogP contribution in [0.4, 0.5) is 4.39 Å². The van der Waals surface area contributed by atoms with E-state index in [-0.39, 0.29) is 23.6 Å². The molecule has 0 radical (unpaired) electrons. The summed E-state index contributed by atoms with van der Waals surface area (Å²) in [5.41, 5.74) is 8.16. The highest BCUT2D eigenvalue weighted by atomic mass is 19.1. The summed E-state index contributed by atoms with van der Waals surface area (Å²) in [6.07, 6.45) is 2.55. The third-order valence-corrected chi connectivity index (χ3v) is 4.92. The van der Waals surface area contributed by atoms with Gasteiger partial charge in [-0.3, -0.25) is 4.79 Å². The van der Waals surface area contributed by atoms with Crippen LogP contribution < -0.4 is 5.73 Å². The lowest BCUT2D eigenvalue weighted by Gasteiger charge is -2.33. The number of carbonyl (C=O) groups excluding carboxylic acids is 1. The molecule has 2 aromatic carbocycles. The number of carbonyl (C=O) groups is 1. The molecular formula is C21H25FN2O. The van der Waals surface area contributed by atoms with Crippen molar-refractivity contribution in [2.75, 3.05) is 19.6 Å². The summed E-state index contributed by atoms with van der Waals surface area (Å²) in [5.74, 6) is -0.140. The summed E-state index contributed by atoms with van der Waals surface area (Å²) in [5, 5.41) is 0. The lowest BCUT2D eigenvalue weighted by Crippen LogP contribution is -2.43. The minimum Gasteiger partial charge on any atom is -0.326 e. The van der Waals surface area contributed by atoms with E-state index in [1.165, 1.54) is 17.7 Å². The van der Waals surface area contributed by atoms with Crippen LogP contribution in [-0.2, 0) is 6.42 Å². The van der Waals surface area contributed by atoms with Gasteiger partial charge < -0.3 is 10.6 Å². The highest BCUT2D eigenvalue weighted by molar-refractivity contribution is 5.97. The number of benzene rings is 2. The Morgan fingerprint density at radius 3 is 2.36 bits per heavy atom. The van der Waals surface area contributed by atoms with Crippen LogP contribution >= 0.6 is 0 Å². The first kappa shape index (κ1) is 17.8. The van der Waals surface area contributed by atoms with E-state index in [9.17, 15) is 9.18 Å². The molecule has 1 saturated heterocycles. The third-order valence-electron chi connectivity index (χ3n) is 4.92. The number of nitrogens with two attached hydrogens (primary N) is 1. The first-order chi connectivity index (χ1) is 12.1. The Bertz CT molecular complexity index is 679. The molecule has 132 valence electrons. The molecule has 1 atom stereocenters. The van der Waals surface area contributed by atoms with Gasteiger partial charge in [-0.2, -0.15) is 0 Å². The lowest BCUT2D eigenvalue weighted by atomic mass is 9.88. The van der Waals surface area contributed by atoms with Crippen molar-refractivity contribution in [3.63, 3.8) is 0 Å². The van der Waals surface area contributed by atoms with E-state index in [0.29, 0.717) is 5.56 Å². The molecule has 3 rings (SSSR count). The first-order valence-electron chi connectivity index (χ1n) is 8.93. The predicted octanol–water partition coefficient (Wildman–Crippen LogP) is 3.29. The molecule has 1 fully saturated rings. The largest absolute Gasteiger partial charge is 0.326 e. The van der Waals surface area contributed by atoms with E-state index in [2.05, 4.69) is 17.0 Å². The number of piperidine rings is 1. The number of hydrogen-bond donors (Lipinski definition) is 1. The van der Waals surface area contributed by atoms with E-state index < -0.39 is 0 Å². The molecule has 2 aromatic rings. The van der Waals surface area contributed by atoms with Gasteiger partial charge in [0.05, 0.1) is 0 Å². The van der Waals surface area contributed by atoms with Crippen molar-refractivity contribution in [1.29, 1.82) is 0 Å². The monoisotopic (exact) mass is 340 g/mol. The highest BCUT2D eigenvalue weighted by Gasteiger charge is 2.26. The summed E-state index contributed by atoms with van der Waals surface area (Å²) in [4.78, 5) is 14.9. The Labute approximate surface area is 148 Å². The van der Waals surface area contributed by atoms with E-state index >= 15 is 0 Å². The molecule has 0 aliphatic carbocycles. The van der Waals surface area contributed by atoms with Gasteiger partial charge in [0.1, 0.15) is 5.82 Å².